The zero-order valence-electron chi connectivity index (χ0n) is 16.7. The van der Waals surface area contributed by atoms with Gasteiger partial charge >= 0.3 is 0 Å². The molecule has 154 valence electrons. The lowest BCUT2D eigenvalue weighted by atomic mass is 9.83. The molecule has 30 heavy (non-hydrogen) atoms. The van der Waals surface area contributed by atoms with Crippen molar-refractivity contribution in [1.82, 2.24) is 20.2 Å². The summed E-state index contributed by atoms with van der Waals surface area (Å²) in [4.78, 5) is 9.08. The van der Waals surface area contributed by atoms with Gasteiger partial charge in [0.15, 0.2) is 5.82 Å². The Morgan fingerprint density at radius 3 is 2.57 bits per heavy atom. The molecule has 2 heterocycles. The SMILES string of the molecule is N#CCc1ccc(Nc2nc(NCCN)cc(Nc3cc(C4CCC4)[nH]n3)n2)cc1. The maximum atomic E-state index is 8.81. The van der Waals surface area contributed by atoms with Gasteiger partial charge in [0, 0.05) is 42.5 Å². The molecular weight excluding hydrogens is 378 g/mol. The van der Waals surface area contributed by atoms with E-state index in [0.717, 1.165) is 22.8 Å². The molecule has 1 aliphatic rings. The van der Waals surface area contributed by atoms with Gasteiger partial charge in [-0.1, -0.05) is 18.6 Å². The molecule has 9 heteroatoms. The zero-order valence-corrected chi connectivity index (χ0v) is 16.7. The molecule has 0 unspecified atom stereocenters. The maximum absolute atomic E-state index is 8.81. The monoisotopic (exact) mass is 403 g/mol. The van der Waals surface area contributed by atoms with Gasteiger partial charge in [-0.2, -0.15) is 20.3 Å². The van der Waals surface area contributed by atoms with Crippen molar-refractivity contribution in [2.75, 3.05) is 29.0 Å². The molecule has 0 aliphatic heterocycles. The Hall–Kier alpha value is -3.64. The number of nitrogens with two attached hydrogens (primary N) is 1. The van der Waals surface area contributed by atoms with Crippen molar-refractivity contribution in [2.24, 2.45) is 5.73 Å². The Kier molecular flexibility index (Phi) is 6.06. The highest BCUT2D eigenvalue weighted by Crippen LogP contribution is 2.36. The smallest absolute Gasteiger partial charge is 0.231 e. The van der Waals surface area contributed by atoms with E-state index < -0.39 is 0 Å². The minimum atomic E-state index is 0.385. The first-order valence-corrected chi connectivity index (χ1v) is 10.1. The Bertz CT molecular complexity index is 1020. The van der Waals surface area contributed by atoms with Gasteiger partial charge in [0.25, 0.3) is 0 Å². The lowest BCUT2D eigenvalue weighted by molar-refractivity contribution is 0.410. The van der Waals surface area contributed by atoms with Gasteiger partial charge in [0.1, 0.15) is 11.6 Å². The summed E-state index contributed by atoms with van der Waals surface area (Å²) >= 11 is 0. The topological polar surface area (TPSA) is 140 Å². The average molecular weight is 403 g/mol. The van der Waals surface area contributed by atoms with Crippen LogP contribution in [0.25, 0.3) is 0 Å². The summed E-state index contributed by atoms with van der Waals surface area (Å²) in [5, 5.41) is 26.0. The molecule has 9 nitrogen and oxygen atoms in total. The van der Waals surface area contributed by atoms with Crippen molar-refractivity contribution in [3.63, 3.8) is 0 Å². The number of aromatic nitrogens is 4. The zero-order chi connectivity index (χ0) is 20.8. The number of nitrogens with zero attached hydrogens (tertiary/aromatic N) is 4. The summed E-state index contributed by atoms with van der Waals surface area (Å²) in [6.07, 6.45) is 4.09. The van der Waals surface area contributed by atoms with Gasteiger partial charge in [-0.3, -0.25) is 5.10 Å². The number of H-pyrrole nitrogens is 1. The lowest BCUT2D eigenvalue weighted by Crippen LogP contribution is -2.14. The highest BCUT2D eigenvalue weighted by Gasteiger charge is 2.21. The number of benzene rings is 1. The fourth-order valence-corrected chi connectivity index (χ4v) is 3.24. The second kappa shape index (κ2) is 9.24. The minimum Gasteiger partial charge on any atom is -0.369 e. The summed E-state index contributed by atoms with van der Waals surface area (Å²) in [6, 6.07) is 13.6. The van der Waals surface area contributed by atoms with Gasteiger partial charge in [0.2, 0.25) is 5.95 Å². The van der Waals surface area contributed by atoms with Crippen molar-refractivity contribution in [2.45, 2.75) is 31.6 Å². The Morgan fingerprint density at radius 2 is 1.87 bits per heavy atom. The summed E-state index contributed by atoms with van der Waals surface area (Å²) < 4.78 is 0. The standard InChI is InChI=1S/C21H25N9/c22-9-8-14-4-6-16(7-5-14)25-21-27-18(24-11-10-23)13-19(28-21)26-20-12-17(29-30-20)15-2-1-3-15/h4-7,12-13,15H,1-3,8,10-11,23H2,(H4,24,25,26,27,28,29,30). The highest BCUT2D eigenvalue weighted by molar-refractivity contribution is 5.62. The molecule has 0 amide bonds. The van der Waals surface area contributed by atoms with Crippen LogP contribution in [0.3, 0.4) is 0 Å². The lowest BCUT2D eigenvalue weighted by Gasteiger charge is -2.23. The van der Waals surface area contributed by atoms with Crippen molar-refractivity contribution in [1.29, 1.82) is 5.26 Å². The number of nitrogens with one attached hydrogen (secondary N) is 4. The molecule has 1 aliphatic carbocycles. The normalized spacial score (nSPS) is 13.3. The van der Waals surface area contributed by atoms with E-state index in [1.54, 1.807) is 0 Å². The fraction of sp³-hybridized carbons (Fsp3) is 0.333. The third-order valence-electron chi connectivity index (χ3n) is 5.07. The summed E-state index contributed by atoms with van der Waals surface area (Å²) in [7, 11) is 0. The van der Waals surface area contributed by atoms with Crippen molar-refractivity contribution in [3.8, 4) is 6.07 Å². The predicted octanol–water partition coefficient (Wildman–Crippen LogP) is 3.39. The molecular formula is C21H25N9. The number of aromatic amines is 1. The number of anilines is 5. The number of hydrogen-bond donors (Lipinski definition) is 5. The van der Waals surface area contributed by atoms with E-state index in [1.807, 2.05) is 36.4 Å². The van der Waals surface area contributed by atoms with Crippen LogP contribution in [0.15, 0.2) is 36.4 Å². The molecule has 1 aromatic carbocycles. The molecule has 1 fully saturated rings. The van der Waals surface area contributed by atoms with Crippen LogP contribution in [0.2, 0.25) is 0 Å². The van der Waals surface area contributed by atoms with Crippen molar-refractivity contribution < 1.29 is 0 Å². The molecule has 0 radical (unpaired) electrons. The van der Waals surface area contributed by atoms with E-state index >= 15 is 0 Å². The van der Waals surface area contributed by atoms with Crippen LogP contribution < -0.4 is 21.7 Å². The first-order valence-electron chi connectivity index (χ1n) is 10.1. The van der Waals surface area contributed by atoms with E-state index in [-0.39, 0.29) is 0 Å². The molecule has 0 saturated heterocycles. The van der Waals surface area contributed by atoms with E-state index in [9.17, 15) is 0 Å². The van der Waals surface area contributed by atoms with Crippen LogP contribution in [0.5, 0.6) is 0 Å². The van der Waals surface area contributed by atoms with Crippen LogP contribution in [0, 0.1) is 11.3 Å². The number of nitriles is 1. The van der Waals surface area contributed by atoms with Crippen LogP contribution in [0.1, 0.15) is 36.4 Å². The molecule has 0 bridgehead atoms. The second-order valence-corrected chi connectivity index (χ2v) is 7.30. The predicted molar refractivity (Wildman–Crippen MR) is 117 cm³/mol. The van der Waals surface area contributed by atoms with E-state index in [4.69, 9.17) is 11.0 Å². The van der Waals surface area contributed by atoms with E-state index in [0.29, 0.717) is 43.0 Å². The number of hydrogen-bond acceptors (Lipinski definition) is 8. The molecule has 0 atom stereocenters. The molecule has 2 aromatic heterocycles. The Balaban J connectivity index is 1.52. The Labute approximate surface area is 175 Å². The first kappa shape index (κ1) is 19.7. The highest BCUT2D eigenvalue weighted by atomic mass is 15.2. The molecule has 3 aromatic rings. The van der Waals surface area contributed by atoms with Crippen LogP contribution in [0.4, 0.5) is 29.1 Å². The van der Waals surface area contributed by atoms with Gasteiger partial charge in [0.05, 0.1) is 12.5 Å². The molecule has 0 spiro atoms. The van der Waals surface area contributed by atoms with E-state index in [1.165, 1.54) is 19.3 Å². The first-order chi connectivity index (χ1) is 14.7. The molecule has 1 saturated carbocycles. The summed E-state index contributed by atoms with van der Waals surface area (Å²) in [6.45, 7) is 1.10. The summed E-state index contributed by atoms with van der Waals surface area (Å²) in [5.41, 5.74) is 8.58. The van der Waals surface area contributed by atoms with Crippen molar-refractivity contribution >= 4 is 29.1 Å². The number of rotatable bonds is 9. The second-order valence-electron chi connectivity index (χ2n) is 7.30. The molecule has 6 N–H and O–H groups in total. The van der Waals surface area contributed by atoms with Crippen LogP contribution in [-0.4, -0.2) is 33.3 Å². The third-order valence-corrected chi connectivity index (χ3v) is 5.07. The van der Waals surface area contributed by atoms with Gasteiger partial charge in [-0.05, 0) is 30.5 Å². The average Bonchev–Trinajstić information content (AvgIpc) is 3.14. The third kappa shape index (κ3) is 4.85. The van der Waals surface area contributed by atoms with Gasteiger partial charge in [-0.25, -0.2) is 0 Å². The van der Waals surface area contributed by atoms with Crippen molar-refractivity contribution in [3.05, 3.63) is 47.7 Å². The Morgan fingerprint density at radius 1 is 1.07 bits per heavy atom. The largest absolute Gasteiger partial charge is 0.369 e. The van der Waals surface area contributed by atoms with Crippen LogP contribution >= 0.6 is 0 Å². The molecule has 4 rings (SSSR count). The summed E-state index contributed by atoms with van der Waals surface area (Å²) in [5.74, 6) is 3.05. The van der Waals surface area contributed by atoms with Crippen LogP contribution in [-0.2, 0) is 6.42 Å². The fourth-order valence-electron chi connectivity index (χ4n) is 3.24. The van der Waals surface area contributed by atoms with Gasteiger partial charge in [-0.15, -0.1) is 0 Å². The maximum Gasteiger partial charge on any atom is 0.231 e. The quantitative estimate of drug-likeness (QED) is 0.366. The van der Waals surface area contributed by atoms with E-state index in [2.05, 4.69) is 42.2 Å². The van der Waals surface area contributed by atoms with Gasteiger partial charge < -0.3 is 21.7 Å². The minimum absolute atomic E-state index is 0.385.